The van der Waals surface area contributed by atoms with Crippen LogP contribution in [0, 0.1) is 0 Å². The third-order valence-corrected chi connectivity index (χ3v) is 3.89. The summed E-state index contributed by atoms with van der Waals surface area (Å²) in [6, 6.07) is 0. The van der Waals surface area contributed by atoms with Crippen molar-refractivity contribution in [2.45, 2.75) is 65.1 Å². The van der Waals surface area contributed by atoms with Crippen LogP contribution in [0.2, 0.25) is 0 Å². The van der Waals surface area contributed by atoms with Crippen molar-refractivity contribution < 1.29 is 57.1 Å². The minimum Gasteiger partial charge on any atom is -0.463 e. The van der Waals surface area contributed by atoms with Crippen LogP contribution >= 0.6 is 0 Å². The number of ether oxygens (including phenoxy) is 8. The van der Waals surface area contributed by atoms with Gasteiger partial charge in [-0.25, -0.2) is 0 Å². The molecule has 1 heterocycles. The predicted molar refractivity (Wildman–Crippen MR) is 108 cm³/mol. The summed E-state index contributed by atoms with van der Waals surface area (Å²) in [5.74, 6) is -3.89. The summed E-state index contributed by atoms with van der Waals surface area (Å²) < 4.78 is 42.3. The Labute approximate surface area is 191 Å². The molecule has 0 aromatic heterocycles. The van der Waals surface area contributed by atoms with E-state index < -0.39 is 66.3 Å². The van der Waals surface area contributed by atoms with Gasteiger partial charge in [0.15, 0.2) is 18.3 Å². The Bertz CT molecular complexity index is 801. The summed E-state index contributed by atoms with van der Waals surface area (Å²) in [5, 5.41) is 0. The molecule has 1 aliphatic rings. The molecule has 0 spiro atoms. The van der Waals surface area contributed by atoms with Crippen molar-refractivity contribution in [2.24, 2.45) is 0 Å². The lowest BCUT2D eigenvalue weighted by molar-refractivity contribution is -0.258. The SMILES string of the molecule is C=C(OC(C)=O)O[C@@H]1[C@@H](OC(=C)OC(C)=O)[C@@H](C)O[C@H](COC(C)=O)[C@@H]1OC(=C)OC(C)=O. The molecule has 184 valence electrons. The van der Waals surface area contributed by atoms with Crippen molar-refractivity contribution in [3.05, 3.63) is 37.6 Å². The second-order valence-corrected chi connectivity index (χ2v) is 6.83. The number of rotatable bonds is 11. The smallest absolute Gasteiger partial charge is 0.310 e. The Morgan fingerprint density at radius 2 is 1.06 bits per heavy atom. The van der Waals surface area contributed by atoms with Gasteiger partial charge in [0.1, 0.15) is 12.7 Å². The van der Waals surface area contributed by atoms with E-state index in [1.54, 1.807) is 6.92 Å². The van der Waals surface area contributed by atoms with E-state index in [9.17, 15) is 19.2 Å². The summed E-state index contributed by atoms with van der Waals surface area (Å²) in [5.41, 5.74) is 0. The van der Waals surface area contributed by atoms with Crippen LogP contribution in [0.15, 0.2) is 37.6 Å². The third kappa shape index (κ3) is 9.64. The topological polar surface area (TPSA) is 142 Å². The van der Waals surface area contributed by atoms with E-state index >= 15 is 0 Å². The van der Waals surface area contributed by atoms with Gasteiger partial charge in [-0.05, 0) is 26.7 Å². The predicted octanol–water partition coefficient (Wildman–Crippen LogP) is 1.60. The number of hydrogen-bond acceptors (Lipinski definition) is 12. The van der Waals surface area contributed by atoms with E-state index in [4.69, 9.17) is 37.9 Å². The summed E-state index contributed by atoms with van der Waals surface area (Å²) in [6.07, 6.45) is -5.23. The molecule has 0 unspecified atom stereocenters. The second kappa shape index (κ2) is 12.5. The molecular formula is C21H28O12. The van der Waals surface area contributed by atoms with Gasteiger partial charge < -0.3 is 37.9 Å². The Balaban J connectivity index is 3.31. The number of carbonyl (C=O) groups is 4. The maximum absolute atomic E-state index is 11.3. The standard InChI is InChI=1S/C21H28O12/c1-10-19(31-15(6)28-12(3)23)21(33-17(8)30-14(5)25)20(32-16(7)29-13(4)24)18(27-10)9-26-11(2)22/h10,18-21H,6-9H2,1-5H3/t10-,18-,19+,20+,21-/m1/s1. The zero-order valence-electron chi connectivity index (χ0n) is 19.1. The van der Waals surface area contributed by atoms with E-state index in [0.29, 0.717) is 0 Å². The molecule has 0 radical (unpaired) electrons. The van der Waals surface area contributed by atoms with Crippen molar-refractivity contribution in [3.63, 3.8) is 0 Å². The molecule has 0 aliphatic carbocycles. The highest BCUT2D eigenvalue weighted by Crippen LogP contribution is 2.32. The number of hydrogen-bond donors (Lipinski definition) is 0. The molecule has 12 nitrogen and oxygen atoms in total. The van der Waals surface area contributed by atoms with Crippen LogP contribution in [-0.4, -0.2) is 61.0 Å². The molecule has 1 aliphatic heterocycles. The van der Waals surface area contributed by atoms with Crippen molar-refractivity contribution in [1.29, 1.82) is 0 Å². The van der Waals surface area contributed by atoms with Gasteiger partial charge in [0, 0.05) is 27.7 Å². The zero-order chi connectivity index (χ0) is 25.3. The first kappa shape index (κ1) is 27.5. The van der Waals surface area contributed by atoms with Crippen LogP contribution in [-0.2, 0) is 57.1 Å². The maximum atomic E-state index is 11.3. The molecule has 12 heteroatoms. The first-order chi connectivity index (χ1) is 15.3. The normalized spacial score (nSPS) is 23.8. The van der Waals surface area contributed by atoms with Gasteiger partial charge in [-0.2, -0.15) is 0 Å². The molecule has 0 saturated carbocycles. The summed E-state index contributed by atoms with van der Waals surface area (Å²) in [4.78, 5) is 45.2. The van der Waals surface area contributed by atoms with Gasteiger partial charge in [-0.15, -0.1) is 0 Å². The van der Waals surface area contributed by atoms with E-state index in [1.165, 1.54) is 6.92 Å². The van der Waals surface area contributed by atoms with Gasteiger partial charge in [0.2, 0.25) is 0 Å². The minimum atomic E-state index is -1.20. The Hall–Kier alpha value is -3.54. The van der Waals surface area contributed by atoms with Gasteiger partial charge in [0.25, 0.3) is 17.8 Å². The molecule has 0 N–H and O–H groups in total. The van der Waals surface area contributed by atoms with E-state index in [2.05, 4.69) is 19.7 Å². The van der Waals surface area contributed by atoms with Crippen LogP contribution in [0.5, 0.6) is 0 Å². The van der Waals surface area contributed by atoms with Crippen molar-refractivity contribution >= 4 is 23.9 Å². The van der Waals surface area contributed by atoms with Crippen LogP contribution in [0.25, 0.3) is 0 Å². The number of carbonyl (C=O) groups excluding carboxylic acids is 4. The van der Waals surface area contributed by atoms with E-state index in [1.807, 2.05) is 0 Å². The van der Waals surface area contributed by atoms with Crippen LogP contribution in [0.4, 0.5) is 0 Å². The highest BCUT2D eigenvalue weighted by Gasteiger charge is 2.50. The fourth-order valence-electron chi connectivity index (χ4n) is 2.88. The van der Waals surface area contributed by atoms with Gasteiger partial charge in [-0.3, -0.25) is 19.2 Å². The van der Waals surface area contributed by atoms with E-state index in [-0.39, 0.29) is 12.6 Å². The lowest BCUT2D eigenvalue weighted by Crippen LogP contribution is -2.60. The molecular weight excluding hydrogens is 444 g/mol. The molecule has 5 atom stereocenters. The first-order valence-electron chi connectivity index (χ1n) is 9.70. The zero-order valence-corrected chi connectivity index (χ0v) is 19.1. The fraction of sp³-hybridized carbons (Fsp3) is 0.524. The maximum Gasteiger partial charge on any atom is 0.310 e. The molecule has 1 rings (SSSR count). The lowest BCUT2D eigenvalue weighted by atomic mass is 9.95. The first-order valence-corrected chi connectivity index (χ1v) is 9.70. The number of esters is 4. The second-order valence-electron chi connectivity index (χ2n) is 6.83. The average molecular weight is 472 g/mol. The Morgan fingerprint density at radius 3 is 1.45 bits per heavy atom. The Morgan fingerprint density at radius 1 is 0.667 bits per heavy atom. The van der Waals surface area contributed by atoms with Gasteiger partial charge in [0.05, 0.1) is 6.10 Å². The minimum absolute atomic E-state index is 0.283. The summed E-state index contributed by atoms with van der Waals surface area (Å²) in [6.45, 7) is 16.5. The summed E-state index contributed by atoms with van der Waals surface area (Å²) >= 11 is 0. The van der Waals surface area contributed by atoms with Gasteiger partial charge in [-0.1, -0.05) is 0 Å². The van der Waals surface area contributed by atoms with Crippen molar-refractivity contribution in [3.8, 4) is 0 Å². The fourth-order valence-corrected chi connectivity index (χ4v) is 2.88. The molecule has 1 fully saturated rings. The summed E-state index contributed by atoms with van der Waals surface area (Å²) in [7, 11) is 0. The average Bonchev–Trinajstić information content (AvgIpc) is 2.63. The molecule has 1 saturated heterocycles. The van der Waals surface area contributed by atoms with Crippen molar-refractivity contribution in [2.75, 3.05) is 6.61 Å². The van der Waals surface area contributed by atoms with Gasteiger partial charge >= 0.3 is 23.9 Å². The van der Waals surface area contributed by atoms with Crippen LogP contribution in [0.3, 0.4) is 0 Å². The van der Waals surface area contributed by atoms with Crippen LogP contribution in [0.1, 0.15) is 34.6 Å². The monoisotopic (exact) mass is 472 g/mol. The highest BCUT2D eigenvalue weighted by atomic mass is 16.7. The Kier molecular flexibility index (Phi) is 10.4. The molecule has 0 amide bonds. The quantitative estimate of drug-likeness (QED) is 0.245. The molecule has 33 heavy (non-hydrogen) atoms. The van der Waals surface area contributed by atoms with E-state index in [0.717, 1.165) is 20.8 Å². The lowest BCUT2D eigenvalue weighted by Gasteiger charge is -2.44. The largest absolute Gasteiger partial charge is 0.463 e. The highest BCUT2D eigenvalue weighted by molar-refractivity contribution is 5.67. The molecule has 0 bridgehead atoms. The molecule has 0 aromatic rings. The van der Waals surface area contributed by atoms with Crippen LogP contribution < -0.4 is 0 Å². The van der Waals surface area contributed by atoms with Crippen molar-refractivity contribution in [1.82, 2.24) is 0 Å². The third-order valence-electron chi connectivity index (χ3n) is 3.89. The molecule has 0 aromatic carbocycles.